The van der Waals surface area contributed by atoms with Gasteiger partial charge in [0.25, 0.3) is 0 Å². The Hall–Kier alpha value is -2.74. The SMILES string of the molecule is O=C(Nc1nc(-c2ccccn2)cs1)[C@H]1C[C@H]1c1ccccc1C(F)(F)F. The van der Waals surface area contributed by atoms with Crippen molar-refractivity contribution in [3.05, 3.63) is 65.2 Å². The fourth-order valence-corrected chi connectivity index (χ4v) is 3.78. The van der Waals surface area contributed by atoms with Gasteiger partial charge in [0.1, 0.15) is 5.69 Å². The van der Waals surface area contributed by atoms with E-state index in [1.54, 1.807) is 23.7 Å². The lowest BCUT2D eigenvalue weighted by Crippen LogP contribution is -2.15. The smallest absolute Gasteiger partial charge is 0.302 e. The normalized spacial score (nSPS) is 18.9. The average molecular weight is 389 g/mol. The monoisotopic (exact) mass is 389 g/mol. The van der Waals surface area contributed by atoms with Gasteiger partial charge in [-0.05, 0) is 36.1 Å². The summed E-state index contributed by atoms with van der Waals surface area (Å²) < 4.78 is 39.5. The molecule has 0 aliphatic heterocycles. The van der Waals surface area contributed by atoms with Crippen molar-refractivity contribution in [2.24, 2.45) is 5.92 Å². The summed E-state index contributed by atoms with van der Waals surface area (Å²) in [6.45, 7) is 0. The number of nitrogens with one attached hydrogen (secondary N) is 1. The van der Waals surface area contributed by atoms with Crippen molar-refractivity contribution in [1.29, 1.82) is 0 Å². The Balaban J connectivity index is 1.45. The van der Waals surface area contributed by atoms with Crippen molar-refractivity contribution in [1.82, 2.24) is 9.97 Å². The van der Waals surface area contributed by atoms with Gasteiger partial charge in [0.05, 0.1) is 11.3 Å². The zero-order valence-electron chi connectivity index (χ0n) is 13.9. The summed E-state index contributed by atoms with van der Waals surface area (Å²) in [6.07, 6.45) is -2.37. The number of carbonyl (C=O) groups is 1. The molecule has 4 nitrogen and oxygen atoms in total. The maximum Gasteiger partial charge on any atom is 0.416 e. The molecule has 0 saturated heterocycles. The van der Waals surface area contributed by atoms with Gasteiger partial charge in [-0.2, -0.15) is 13.2 Å². The first-order valence-electron chi connectivity index (χ1n) is 8.27. The van der Waals surface area contributed by atoms with E-state index in [0.717, 1.165) is 6.07 Å². The van der Waals surface area contributed by atoms with Crippen LogP contribution >= 0.6 is 11.3 Å². The standard InChI is InChI=1S/C19H14F3N3OS/c20-19(21,22)14-6-2-1-5-11(14)12-9-13(12)17(26)25-18-24-16(10-27-18)15-7-3-4-8-23-15/h1-8,10,12-13H,9H2,(H,24,25,26)/t12-,13-/m0/s1. The Bertz CT molecular complexity index is 972. The molecule has 2 heterocycles. The van der Waals surface area contributed by atoms with E-state index >= 15 is 0 Å². The molecule has 8 heteroatoms. The zero-order chi connectivity index (χ0) is 19.0. The number of rotatable bonds is 4. The van der Waals surface area contributed by atoms with Crippen LogP contribution in [0.1, 0.15) is 23.5 Å². The first-order valence-corrected chi connectivity index (χ1v) is 9.15. The van der Waals surface area contributed by atoms with Gasteiger partial charge in [0, 0.05) is 17.5 Å². The number of hydrogen-bond donors (Lipinski definition) is 1. The van der Waals surface area contributed by atoms with Gasteiger partial charge >= 0.3 is 6.18 Å². The van der Waals surface area contributed by atoms with E-state index in [4.69, 9.17) is 0 Å². The molecule has 0 radical (unpaired) electrons. The Morgan fingerprint density at radius 2 is 1.89 bits per heavy atom. The lowest BCUT2D eigenvalue weighted by atomic mass is 10.0. The molecule has 27 heavy (non-hydrogen) atoms. The summed E-state index contributed by atoms with van der Waals surface area (Å²) in [5.41, 5.74) is 0.846. The fraction of sp³-hybridized carbons (Fsp3) is 0.211. The number of amides is 1. The van der Waals surface area contributed by atoms with Crippen LogP contribution in [0.3, 0.4) is 0 Å². The number of aromatic nitrogens is 2. The summed E-state index contributed by atoms with van der Waals surface area (Å²) in [5, 5.41) is 4.90. The van der Waals surface area contributed by atoms with Crippen LogP contribution in [-0.2, 0) is 11.0 Å². The van der Waals surface area contributed by atoms with Crippen molar-refractivity contribution >= 4 is 22.4 Å². The van der Waals surface area contributed by atoms with Gasteiger partial charge in [-0.1, -0.05) is 24.3 Å². The van der Waals surface area contributed by atoms with Gasteiger partial charge in [0.2, 0.25) is 5.91 Å². The maximum atomic E-state index is 13.2. The van der Waals surface area contributed by atoms with E-state index in [1.165, 1.54) is 23.5 Å². The zero-order valence-corrected chi connectivity index (χ0v) is 14.7. The predicted octanol–water partition coefficient (Wildman–Crippen LogP) is 4.97. The van der Waals surface area contributed by atoms with Crippen LogP contribution in [0.4, 0.5) is 18.3 Å². The largest absolute Gasteiger partial charge is 0.416 e. The lowest BCUT2D eigenvalue weighted by Gasteiger charge is -2.12. The van der Waals surface area contributed by atoms with E-state index in [2.05, 4.69) is 15.3 Å². The Kier molecular flexibility index (Phi) is 4.43. The highest BCUT2D eigenvalue weighted by atomic mass is 32.1. The Labute approximate surface area is 157 Å². The first-order chi connectivity index (χ1) is 12.9. The fourth-order valence-electron chi connectivity index (χ4n) is 3.07. The molecule has 1 aromatic carbocycles. The third-order valence-corrected chi connectivity index (χ3v) is 5.21. The summed E-state index contributed by atoms with van der Waals surface area (Å²) in [5.74, 6) is -1.20. The van der Waals surface area contributed by atoms with E-state index in [9.17, 15) is 18.0 Å². The quantitative estimate of drug-likeness (QED) is 0.686. The molecular weight excluding hydrogens is 375 g/mol. The van der Waals surface area contributed by atoms with Crippen LogP contribution in [0.25, 0.3) is 11.4 Å². The minimum absolute atomic E-state index is 0.179. The van der Waals surface area contributed by atoms with Crippen molar-refractivity contribution < 1.29 is 18.0 Å². The number of halogens is 3. The second kappa shape index (κ2) is 6.77. The van der Waals surface area contributed by atoms with Crippen LogP contribution in [-0.4, -0.2) is 15.9 Å². The predicted molar refractivity (Wildman–Crippen MR) is 96.3 cm³/mol. The highest BCUT2D eigenvalue weighted by Crippen LogP contribution is 2.51. The van der Waals surface area contributed by atoms with Gasteiger partial charge in [-0.25, -0.2) is 4.98 Å². The average Bonchev–Trinajstić information content (AvgIpc) is 3.33. The molecule has 2 atom stereocenters. The molecule has 1 N–H and O–H groups in total. The number of alkyl halides is 3. The number of carbonyl (C=O) groups excluding carboxylic acids is 1. The minimum Gasteiger partial charge on any atom is -0.302 e. The summed E-state index contributed by atoms with van der Waals surface area (Å²) in [7, 11) is 0. The van der Waals surface area contributed by atoms with E-state index < -0.39 is 23.6 Å². The highest BCUT2D eigenvalue weighted by molar-refractivity contribution is 7.14. The van der Waals surface area contributed by atoms with Crippen LogP contribution in [0.15, 0.2) is 54.0 Å². The van der Waals surface area contributed by atoms with Gasteiger partial charge in [-0.3, -0.25) is 9.78 Å². The molecular formula is C19H14F3N3OS. The number of benzene rings is 1. The van der Waals surface area contributed by atoms with E-state index in [1.807, 2.05) is 12.1 Å². The number of anilines is 1. The Morgan fingerprint density at radius 3 is 2.63 bits per heavy atom. The molecule has 0 unspecified atom stereocenters. The molecule has 2 aromatic heterocycles. The number of pyridine rings is 1. The van der Waals surface area contributed by atoms with Crippen molar-refractivity contribution in [2.45, 2.75) is 18.5 Å². The molecule has 3 aromatic rings. The van der Waals surface area contributed by atoms with Crippen molar-refractivity contribution in [2.75, 3.05) is 5.32 Å². The van der Waals surface area contributed by atoms with Crippen LogP contribution < -0.4 is 5.32 Å². The van der Waals surface area contributed by atoms with Gasteiger partial charge in [0.15, 0.2) is 5.13 Å². The molecule has 0 spiro atoms. The molecule has 1 aliphatic rings. The van der Waals surface area contributed by atoms with Crippen LogP contribution in [0.5, 0.6) is 0 Å². The summed E-state index contributed by atoms with van der Waals surface area (Å²) in [6, 6.07) is 10.9. The third-order valence-electron chi connectivity index (χ3n) is 4.45. The molecule has 1 saturated carbocycles. The number of nitrogens with zero attached hydrogens (tertiary/aromatic N) is 2. The third kappa shape index (κ3) is 3.71. The van der Waals surface area contributed by atoms with Gasteiger partial charge in [-0.15, -0.1) is 11.3 Å². The number of thiazole rings is 1. The molecule has 1 amide bonds. The molecule has 1 fully saturated rings. The second-order valence-corrected chi connectivity index (χ2v) is 7.13. The minimum atomic E-state index is -4.42. The maximum absolute atomic E-state index is 13.2. The molecule has 1 aliphatic carbocycles. The molecule has 138 valence electrons. The molecule has 0 bridgehead atoms. The van der Waals surface area contributed by atoms with Crippen LogP contribution in [0.2, 0.25) is 0 Å². The van der Waals surface area contributed by atoms with Gasteiger partial charge < -0.3 is 5.32 Å². The van der Waals surface area contributed by atoms with Crippen LogP contribution in [0, 0.1) is 5.92 Å². The topological polar surface area (TPSA) is 54.9 Å². The van der Waals surface area contributed by atoms with Crippen molar-refractivity contribution in [3.63, 3.8) is 0 Å². The highest BCUT2D eigenvalue weighted by Gasteiger charge is 2.48. The lowest BCUT2D eigenvalue weighted by molar-refractivity contribution is -0.138. The van der Waals surface area contributed by atoms with Crippen molar-refractivity contribution in [3.8, 4) is 11.4 Å². The van der Waals surface area contributed by atoms with E-state index in [0.29, 0.717) is 22.9 Å². The second-order valence-electron chi connectivity index (χ2n) is 6.28. The molecule has 4 rings (SSSR count). The van der Waals surface area contributed by atoms with E-state index in [-0.39, 0.29) is 11.5 Å². The first kappa shape index (κ1) is 17.7. The Morgan fingerprint density at radius 1 is 1.11 bits per heavy atom. The number of hydrogen-bond acceptors (Lipinski definition) is 4. The summed E-state index contributed by atoms with van der Waals surface area (Å²) >= 11 is 1.26. The summed E-state index contributed by atoms with van der Waals surface area (Å²) in [4.78, 5) is 21.0.